The normalized spacial score (nSPS) is 14.9. The van der Waals surface area contributed by atoms with Crippen molar-refractivity contribution >= 4 is 17.7 Å². The smallest absolute Gasteiger partial charge is 0.325 e. The van der Waals surface area contributed by atoms with Crippen molar-refractivity contribution in [1.29, 1.82) is 0 Å². The first-order valence-corrected chi connectivity index (χ1v) is 7.05. The van der Waals surface area contributed by atoms with Crippen molar-refractivity contribution in [2.75, 3.05) is 18.6 Å². The summed E-state index contributed by atoms with van der Waals surface area (Å²) in [5.74, 6) is 1.97. The molecule has 4 heteroatoms. The molecule has 1 unspecified atom stereocenters. The minimum Gasteiger partial charge on any atom is -0.468 e. The molecule has 0 saturated heterocycles. The third-order valence-electron chi connectivity index (χ3n) is 2.34. The van der Waals surface area contributed by atoms with Crippen molar-refractivity contribution in [3.05, 3.63) is 0 Å². The first-order valence-electron chi connectivity index (χ1n) is 5.90. The molecule has 0 aliphatic rings. The van der Waals surface area contributed by atoms with Gasteiger partial charge in [0.25, 0.3) is 0 Å². The third kappa shape index (κ3) is 5.75. The van der Waals surface area contributed by atoms with Gasteiger partial charge in [-0.1, -0.05) is 6.92 Å². The van der Waals surface area contributed by atoms with Gasteiger partial charge in [-0.05, 0) is 45.1 Å². The van der Waals surface area contributed by atoms with E-state index in [1.165, 1.54) is 13.5 Å². The van der Waals surface area contributed by atoms with Crippen LogP contribution in [0, 0.1) is 0 Å². The van der Waals surface area contributed by atoms with Gasteiger partial charge in [-0.3, -0.25) is 10.1 Å². The van der Waals surface area contributed by atoms with Crippen LogP contribution in [0.1, 0.15) is 40.5 Å². The van der Waals surface area contributed by atoms with E-state index in [-0.39, 0.29) is 12.0 Å². The van der Waals surface area contributed by atoms with Crippen LogP contribution < -0.4 is 5.32 Å². The SMILES string of the molecule is CCCSCCC(C)(NC(C)C)C(=O)OC. The van der Waals surface area contributed by atoms with Crippen LogP contribution in [0.2, 0.25) is 0 Å². The van der Waals surface area contributed by atoms with E-state index in [2.05, 4.69) is 12.2 Å². The van der Waals surface area contributed by atoms with E-state index >= 15 is 0 Å². The molecule has 0 fully saturated rings. The zero-order chi connectivity index (χ0) is 12.6. The zero-order valence-corrected chi connectivity index (χ0v) is 11.9. The van der Waals surface area contributed by atoms with Crippen LogP contribution in [-0.4, -0.2) is 36.2 Å². The number of carbonyl (C=O) groups excluding carboxylic acids is 1. The maximum Gasteiger partial charge on any atom is 0.325 e. The average molecular weight is 247 g/mol. The fourth-order valence-corrected chi connectivity index (χ4v) is 2.66. The van der Waals surface area contributed by atoms with Gasteiger partial charge < -0.3 is 4.74 Å². The zero-order valence-electron chi connectivity index (χ0n) is 11.1. The van der Waals surface area contributed by atoms with E-state index in [4.69, 9.17) is 4.74 Å². The molecule has 0 aliphatic carbocycles. The molecule has 1 N–H and O–H groups in total. The van der Waals surface area contributed by atoms with Gasteiger partial charge in [-0.25, -0.2) is 0 Å². The Hall–Kier alpha value is -0.220. The molecule has 0 spiro atoms. The van der Waals surface area contributed by atoms with Crippen LogP contribution >= 0.6 is 11.8 Å². The maximum atomic E-state index is 11.7. The minimum absolute atomic E-state index is 0.168. The number of rotatable bonds is 8. The molecule has 16 heavy (non-hydrogen) atoms. The highest BCUT2D eigenvalue weighted by Gasteiger charge is 2.34. The summed E-state index contributed by atoms with van der Waals surface area (Å²) in [5.41, 5.74) is -0.552. The van der Waals surface area contributed by atoms with Crippen LogP contribution in [0.15, 0.2) is 0 Å². The fraction of sp³-hybridized carbons (Fsp3) is 0.917. The van der Waals surface area contributed by atoms with E-state index in [0.717, 1.165) is 17.9 Å². The van der Waals surface area contributed by atoms with E-state index in [1.807, 2.05) is 32.5 Å². The topological polar surface area (TPSA) is 38.3 Å². The number of methoxy groups -OCH3 is 1. The van der Waals surface area contributed by atoms with Gasteiger partial charge in [0.2, 0.25) is 0 Å². The van der Waals surface area contributed by atoms with Crippen LogP contribution in [0.25, 0.3) is 0 Å². The number of carbonyl (C=O) groups is 1. The molecule has 0 aromatic rings. The summed E-state index contributed by atoms with van der Waals surface area (Å²) in [4.78, 5) is 11.7. The minimum atomic E-state index is -0.552. The summed E-state index contributed by atoms with van der Waals surface area (Å²) in [5, 5.41) is 3.30. The van der Waals surface area contributed by atoms with Crippen molar-refractivity contribution < 1.29 is 9.53 Å². The predicted octanol–water partition coefficient (Wildman–Crippen LogP) is 2.45. The van der Waals surface area contributed by atoms with E-state index < -0.39 is 5.54 Å². The second-order valence-electron chi connectivity index (χ2n) is 4.49. The van der Waals surface area contributed by atoms with Crippen molar-refractivity contribution in [3.8, 4) is 0 Å². The Bertz CT molecular complexity index is 209. The molecule has 1 atom stereocenters. The van der Waals surface area contributed by atoms with Crippen molar-refractivity contribution in [1.82, 2.24) is 5.32 Å². The quantitative estimate of drug-likeness (QED) is 0.528. The fourth-order valence-electron chi connectivity index (χ4n) is 1.62. The second kappa shape index (κ2) is 7.96. The van der Waals surface area contributed by atoms with Gasteiger partial charge in [0.05, 0.1) is 7.11 Å². The van der Waals surface area contributed by atoms with E-state index in [0.29, 0.717) is 0 Å². The summed E-state index contributed by atoms with van der Waals surface area (Å²) in [6, 6.07) is 0.278. The Morgan fingerprint density at radius 2 is 2.06 bits per heavy atom. The Morgan fingerprint density at radius 3 is 2.50 bits per heavy atom. The molecule has 0 radical (unpaired) electrons. The molecule has 0 aromatic heterocycles. The number of hydrogen-bond donors (Lipinski definition) is 1. The van der Waals surface area contributed by atoms with Gasteiger partial charge >= 0.3 is 5.97 Å². The highest BCUT2D eigenvalue weighted by molar-refractivity contribution is 7.99. The van der Waals surface area contributed by atoms with Crippen LogP contribution in [0.3, 0.4) is 0 Å². The maximum absolute atomic E-state index is 11.7. The number of esters is 1. The molecule has 0 bridgehead atoms. The molecule has 0 heterocycles. The second-order valence-corrected chi connectivity index (χ2v) is 5.71. The van der Waals surface area contributed by atoms with Gasteiger partial charge in [0.15, 0.2) is 0 Å². The third-order valence-corrected chi connectivity index (χ3v) is 3.53. The first-order chi connectivity index (χ1) is 7.46. The molecule has 0 rings (SSSR count). The molecule has 0 aromatic carbocycles. The summed E-state index contributed by atoms with van der Waals surface area (Å²) in [6.45, 7) is 8.17. The number of ether oxygens (including phenoxy) is 1. The lowest BCUT2D eigenvalue weighted by Gasteiger charge is -2.30. The van der Waals surface area contributed by atoms with Crippen LogP contribution in [0.5, 0.6) is 0 Å². The summed E-state index contributed by atoms with van der Waals surface area (Å²) in [6.07, 6.45) is 1.99. The van der Waals surface area contributed by atoms with Crippen molar-refractivity contribution in [2.24, 2.45) is 0 Å². The van der Waals surface area contributed by atoms with E-state index in [1.54, 1.807) is 0 Å². The molecule has 3 nitrogen and oxygen atoms in total. The molecule has 96 valence electrons. The Labute approximate surface area is 104 Å². The van der Waals surface area contributed by atoms with Crippen molar-refractivity contribution in [2.45, 2.75) is 52.1 Å². The molecular formula is C12H25NO2S. The predicted molar refractivity (Wildman–Crippen MR) is 70.9 cm³/mol. The van der Waals surface area contributed by atoms with Gasteiger partial charge in [-0.15, -0.1) is 0 Å². The van der Waals surface area contributed by atoms with Gasteiger partial charge in [0.1, 0.15) is 5.54 Å². The summed E-state index contributed by atoms with van der Waals surface area (Å²) < 4.78 is 4.86. The first kappa shape index (κ1) is 15.8. The highest BCUT2D eigenvalue weighted by atomic mass is 32.2. The molecule has 0 saturated carbocycles. The lowest BCUT2D eigenvalue weighted by molar-refractivity contribution is -0.148. The van der Waals surface area contributed by atoms with Crippen LogP contribution in [0.4, 0.5) is 0 Å². The van der Waals surface area contributed by atoms with Gasteiger partial charge in [-0.2, -0.15) is 11.8 Å². The lowest BCUT2D eigenvalue weighted by atomic mass is 9.98. The molecule has 0 aliphatic heterocycles. The Balaban J connectivity index is 4.25. The van der Waals surface area contributed by atoms with E-state index in [9.17, 15) is 4.79 Å². The number of hydrogen-bond acceptors (Lipinski definition) is 4. The largest absolute Gasteiger partial charge is 0.468 e. The standard InChI is InChI=1S/C12H25NO2S/c1-6-8-16-9-7-12(4,11(14)15-5)13-10(2)3/h10,13H,6-9H2,1-5H3. The number of thioether (sulfide) groups is 1. The summed E-state index contributed by atoms with van der Waals surface area (Å²) >= 11 is 1.89. The highest BCUT2D eigenvalue weighted by Crippen LogP contribution is 2.17. The summed E-state index contributed by atoms with van der Waals surface area (Å²) in [7, 11) is 1.45. The Morgan fingerprint density at radius 1 is 1.44 bits per heavy atom. The Kier molecular flexibility index (Phi) is 7.85. The monoisotopic (exact) mass is 247 g/mol. The molecular weight excluding hydrogens is 222 g/mol. The van der Waals surface area contributed by atoms with Crippen LogP contribution in [-0.2, 0) is 9.53 Å². The average Bonchev–Trinajstić information content (AvgIpc) is 2.22. The number of nitrogens with one attached hydrogen (secondary N) is 1. The molecule has 0 amide bonds. The lowest BCUT2D eigenvalue weighted by Crippen LogP contribution is -2.53. The van der Waals surface area contributed by atoms with Crippen molar-refractivity contribution in [3.63, 3.8) is 0 Å². The van der Waals surface area contributed by atoms with Gasteiger partial charge in [0, 0.05) is 6.04 Å².